The van der Waals surface area contributed by atoms with Crippen LogP contribution in [0.3, 0.4) is 0 Å². The Labute approximate surface area is 107 Å². The van der Waals surface area contributed by atoms with Crippen LogP contribution in [0, 0.1) is 11.3 Å². The van der Waals surface area contributed by atoms with E-state index in [1.165, 1.54) is 57.8 Å². The van der Waals surface area contributed by atoms with Gasteiger partial charge in [-0.15, -0.1) is 0 Å². The van der Waals surface area contributed by atoms with Gasteiger partial charge in [0.15, 0.2) is 0 Å². The summed E-state index contributed by atoms with van der Waals surface area (Å²) in [7, 11) is 0. The SMILES string of the molecule is CCCCCCCCCN1CCCCC1C#N. The molecule has 0 aromatic carbocycles. The third-order valence-electron chi connectivity index (χ3n) is 3.81. The van der Waals surface area contributed by atoms with Crippen molar-refractivity contribution >= 4 is 0 Å². The van der Waals surface area contributed by atoms with Crippen LogP contribution >= 0.6 is 0 Å². The summed E-state index contributed by atoms with van der Waals surface area (Å²) in [6, 6.07) is 2.66. The Balaban J connectivity index is 1.99. The van der Waals surface area contributed by atoms with Gasteiger partial charge in [-0.25, -0.2) is 0 Å². The van der Waals surface area contributed by atoms with E-state index in [1.807, 2.05) is 0 Å². The smallest absolute Gasteiger partial charge is 0.0977 e. The molecule has 1 saturated heterocycles. The van der Waals surface area contributed by atoms with Crippen LogP contribution < -0.4 is 0 Å². The average molecular weight is 236 g/mol. The summed E-state index contributed by atoms with van der Waals surface area (Å²) in [6.45, 7) is 4.55. The molecule has 0 aromatic heterocycles. The Morgan fingerprint density at radius 3 is 2.47 bits per heavy atom. The van der Waals surface area contributed by atoms with Gasteiger partial charge in [-0.3, -0.25) is 4.90 Å². The minimum atomic E-state index is 0.212. The molecule has 2 heteroatoms. The lowest BCUT2D eigenvalue weighted by molar-refractivity contribution is 0.181. The predicted molar refractivity (Wildman–Crippen MR) is 72.8 cm³/mol. The van der Waals surface area contributed by atoms with Gasteiger partial charge in [0, 0.05) is 0 Å². The van der Waals surface area contributed by atoms with Crippen molar-refractivity contribution < 1.29 is 0 Å². The molecule has 1 aliphatic heterocycles. The van der Waals surface area contributed by atoms with E-state index in [9.17, 15) is 0 Å². The van der Waals surface area contributed by atoms with E-state index in [4.69, 9.17) is 5.26 Å². The minimum absolute atomic E-state index is 0.212. The third kappa shape index (κ3) is 6.07. The van der Waals surface area contributed by atoms with Gasteiger partial charge >= 0.3 is 0 Å². The number of nitrogens with zero attached hydrogens (tertiary/aromatic N) is 2. The summed E-state index contributed by atoms with van der Waals surface area (Å²) in [5, 5.41) is 9.07. The standard InChI is InChI=1S/C15H28N2/c1-2-3-4-5-6-7-9-12-17-13-10-8-11-15(17)14-16/h15H,2-13H2,1H3. The summed E-state index contributed by atoms with van der Waals surface area (Å²) in [4.78, 5) is 2.40. The Morgan fingerprint density at radius 1 is 1.06 bits per heavy atom. The maximum atomic E-state index is 9.07. The number of nitriles is 1. The van der Waals surface area contributed by atoms with Gasteiger partial charge in [-0.1, -0.05) is 45.4 Å². The lowest BCUT2D eigenvalue weighted by Gasteiger charge is -2.31. The molecule has 0 saturated carbocycles. The van der Waals surface area contributed by atoms with E-state index in [1.54, 1.807) is 0 Å². The number of hydrogen-bond acceptors (Lipinski definition) is 2. The van der Waals surface area contributed by atoms with Gasteiger partial charge in [0.1, 0.15) is 0 Å². The monoisotopic (exact) mass is 236 g/mol. The van der Waals surface area contributed by atoms with Crippen molar-refractivity contribution in [1.29, 1.82) is 5.26 Å². The van der Waals surface area contributed by atoms with Crippen LogP contribution in [0.2, 0.25) is 0 Å². The highest BCUT2D eigenvalue weighted by Gasteiger charge is 2.20. The topological polar surface area (TPSA) is 27.0 Å². The molecule has 1 unspecified atom stereocenters. The zero-order chi connectivity index (χ0) is 12.3. The summed E-state index contributed by atoms with van der Waals surface area (Å²) in [5.41, 5.74) is 0. The predicted octanol–water partition coefficient (Wildman–Crippen LogP) is 4.12. The highest BCUT2D eigenvalue weighted by atomic mass is 15.2. The molecule has 1 fully saturated rings. The molecule has 0 bridgehead atoms. The van der Waals surface area contributed by atoms with E-state index in [0.29, 0.717) is 0 Å². The van der Waals surface area contributed by atoms with E-state index in [2.05, 4.69) is 17.9 Å². The Kier molecular flexibility index (Phi) is 8.09. The van der Waals surface area contributed by atoms with E-state index >= 15 is 0 Å². The lowest BCUT2D eigenvalue weighted by Crippen LogP contribution is -2.39. The molecule has 0 radical (unpaired) electrons. The number of unbranched alkanes of at least 4 members (excludes halogenated alkanes) is 6. The van der Waals surface area contributed by atoms with E-state index in [0.717, 1.165) is 19.5 Å². The summed E-state index contributed by atoms with van der Waals surface area (Å²) in [5.74, 6) is 0. The molecule has 1 atom stereocenters. The Bertz CT molecular complexity index is 219. The zero-order valence-corrected chi connectivity index (χ0v) is 11.5. The maximum absolute atomic E-state index is 9.07. The van der Waals surface area contributed by atoms with E-state index < -0.39 is 0 Å². The highest BCUT2D eigenvalue weighted by Crippen LogP contribution is 2.17. The van der Waals surface area contributed by atoms with Crippen LogP contribution in [-0.2, 0) is 0 Å². The van der Waals surface area contributed by atoms with Gasteiger partial charge in [-0.2, -0.15) is 5.26 Å². The van der Waals surface area contributed by atoms with Crippen molar-refractivity contribution in [2.75, 3.05) is 13.1 Å². The molecule has 2 nitrogen and oxygen atoms in total. The highest BCUT2D eigenvalue weighted by molar-refractivity contribution is 4.93. The maximum Gasteiger partial charge on any atom is 0.0977 e. The number of likely N-dealkylation sites (tertiary alicyclic amines) is 1. The van der Waals surface area contributed by atoms with Crippen molar-refractivity contribution in [3.63, 3.8) is 0 Å². The molecule has 0 aliphatic carbocycles. The van der Waals surface area contributed by atoms with Gasteiger partial charge in [0.25, 0.3) is 0 Å². The van der Waals surface area contributed by atoms with Gasteiger partial charge < -0.3 is 0 Å². The fourth-order valence-electron chi connectivity index (χ4n) is 2.68. The normalized spacial score (nSPS) is 21.3. The molecular weight excluding hydrogens is 208 g/mol. The second kappa shape index (κ2) is 9.48. The zero-order valence-electron chi connectivity index (χ0n) is 11.5. The molecule has 0 aromatic rings. The second-order valence-electron chi connectivity index (χ2n) is 5.30. The first-order valence-corrected chi connectivity index (χ1v) is 7.52. The van der Waals surface area contributed by atoms with Crippen LogP contribution in [0.5, 0.6) is 0 Å². The van der Waals surface area contributed by atoms with Gasteiger partial charge in [0.05, 0.1) is 12.1 Å². The van der Waals surface area contributed by atoms with Crippen LogP contribution in [0.25, 0.3) is 0 Å². The molecule has 1 heterocycles. The fourth-order valence-corrected chi connectivity index (χ4v) is 2.68. The van der Waals surface area contributed by atoms with Gasteiger partial charge in [-0.05, 0) is 38.8 Å². The van der Waals surface area contributed by atoms with Crippen molar-refractivity contribution in [2.24, 2.45) is 0 Å². The van der Waals surface area contributed by atoms with E-state index in [-0.39, 0.29) is 6.04 Å². The average Bonchev–Trinajstić information content (AvgIpc) is 2.38. The molecule has 17 heavy (non-hydrogen) atoms. The minimum Gasteiger partial charge on any atom is -0.288 e. The molecule has 98 valence electrons. The summed E-state index contributed by atoms with van der Waals surface area (Å²) in [6.07, 6.45) is 13.2. The van der Waals surface area contributed by atoms with Gasteiger partial charge in [0.2, 0.25) is 0 Å². The Morgan fingerprint density at radius 2 is 1.76 bits per heavy atom. The van der Waals surface area contributed by atoms with Crippen molar-refractivity contribution in [3.05, 3.63) is 0 Å². The third-order valence-corrected chi connectivity index (χ3v) is 3.81. The van der Waals surface area contributed by atoms with Crippen molar-refractivity contribution in [3.8, 4) is 6.07 Å². The number of rotatable bonds is 8. The first kappa shape index (κ1) is 14.5. The summed E-state index contributed by atoms with van der Waals surface area (Å²) >= 11 is 0. The molecular formula is C15H28N2. The first-order chi connectivity index (χ1) is 8.38. The molecule has 1 rings (SSSR count). The molecule has 0 amide bonds. The number of piperidine rings is 1. The first-order valence-electron chi connectivity index (χ1n) is 7.52. The number of hydrogen-bond donors (Lipinski definition) is 0. The van der Waals surface area contributed by atoms with Crippen molar-refractivity contribution in [2.45, 2.75) is 77.2 Å². The Hall–Kier alpha value is -0.550. The van der Waals surface area contributed by atoms with Crippen LogP contribution in [0.4, 0.5) is 0 Å². The molecule has 0 spiro atoms. The quantitative estimate of drug-likeness (QED) is 0.593. The summed E-state index contributed by atoms with van der Waals surface area (Å²) < 4.78 is 0. The molecule has 1 aliphatic rings. The second-order valence-corrected chi connectivity index (χ2v) is 5.30. The van der Waals surface area contributed by atoms with Crippen LogP contribution in [0.15, 0.2) is 0 Å². The largest absolute Gasteiger partial charge is 0.288 e. The van der Waals surface area contributed by atoms with Crippen LogP contribution in [0.1, 0.15) is 71.1 Å². The fraction of sp³-hybridized carbons (Fsp3) is 0.933. The van der Waals surface area contributed by atoms with Crippen molar-refractivity contribution in [1.82, 2.24) is 4.90 Å². The molecule has 0 N–H and O–H groups in total. The lowest BCUT2D eigenvalue weighted by atomic mass is 10.0. The van der Waals surface area contributed by atoms with Crippen LogP contribution in [-0.4, -0.2) is 24.0 Å².